The van der Waals surface area contributed by atoms with Crippen LogP contribution in [0.4, 0.5) is 0 Å². The summed E-state index contributed by atoms with van der Waals surface area (Å²) in [5.74, 6) is -2.02. The van der Waals surface area contributed by atoms with Crippen LogP contribution in [0.2, 0.25) is 0 Å². The number of carbonyl (C=O) groups excluding carboxylic acids is 4. The summed E-state index contributed by atoms with van der Waals surface area (Å²) in [6.45, 7) is 11.8. The van der Waals surface area contributed by atoms with Gasteiger partial charge in [0.2, 0.25) is 0 Å². The molecule has 0 unspecified atom stereocenters. The van der Waals surface area contributed by atoms with Gasteiger partial charge >= 0.3 is 31.0 Å². The van der Waals surface area contributed by atoms with Crippen molar-refractivity contribution in [1.82, 2.24) is 0 Å². The molecule has 1 aromatic rings. The largest absolute Gasteiger partial charge is 0.632 e. The Morgan fingerprint density at radius 2 is 1.28 bits per heavy atom. The SMILES string of the molecule is C=C1OB(c2ccc([C@@H]3O[C@H](COC(C)=O)[C@@H](OC(C)=O)[C@H](OC(C)=O)[C@H]3OC(C)=O)cc2)OC1=C. The number of esters is 4. The second-order valence-corrected chi connectivity index (χ2v) is 8.20. The first-order chi connectivity index (χ1) is 17.0. The smallest absolute Gasteiger partial charge is 0.520 e. The van der Waals surface area contributed by atoms with Crippen molar-refractivity contribution in [3.63, 3.8) is 0 Å². The highest BCUT2D eigenvalue weighted by atomic mass is 16.7. The quantitative estimate of drug-likeness (QED) is 0.303. The fraction of sp³-hybridized carbons (Fsp3) is 0.417. The molecule has 2 saturated heterocycles. The predicted molar refractivity (Wildman–Crippen MR) is 123 cm³/mol. The van der Waals surface area contributed by atoms with E-state index >= 15 is 0 Å². The molecule has 2 fully saturated rings. The Morgan fingerprint density at radius 1 is 0.778 bits per heavy atom. The van der Waals surface area contributed by atoms with Gasteiger partial charge in [0.05, 0.1) is 0 Å². The second-order valence-electron chi connectivity index (χ2n) is 8.20. The van der Waals surface area contributed by atoms with Gasteiger partial charge in [-0.15, -0.1) is 0 Å². The lowest BCUT2D eigenvalue weighted by molar-refractivity contribution is -0.254. The van der Waals surface area contributed by atoms with Crippen LogP contribution in [-0.2, 0) is 52.2 Å². The van der Waals surface area contributed by atoms with Crippen LogP contribution in [-0.4, -0.2) is 62.0 Å². The Morgan fingerprint density at radius 3 is 1.78 bits per heavy atom. The van der Waals surface area contributed by atoms with E-state index in [-0.39, 0.29) is 6.61 Å². The number of carbonyl (C=O) groups is 4. The number of rotatable bonds is 7. The summed E-state index contributed by atoms with van der Waals surface area (Å²) in [6.07, 6.45) is -5.67. The first-order valence-electron chi connectivity index (χ1n) is 11.1. The lowest BCUT2D eigenvalue weighted by atomic mass is 9.78. The molecule has 11 nitrogen and oxygen atoms in total. The van der Waals surface area contributed by atoms with Crippen molar-refractivity contribution in [3.8, 4) is 0 Å². The Kier molecular flexibility index (Phi) is 8.41. The van der Waals surface area contributed by atoms with Crippen LogP contribution in [0.5, 0.6) is 0 Å². The van der Waals surface area contributed by atoms with E-state index in [1.54, 1.807) is 24.3 Å². The molecule has 36 heavy (non-hydrogen) atoms. The highest BCUT2D eigenvalue weighted by molar-refractivity contribution is 6.62. The van der Waals surface area contributed by atoms with Crippen molar-refractivity contribution in [2.24, 2.45) is 0 Å². The van der Waals surface area contributed by atoms with E-state index in [1.165, 1.54) is 20.8 Å². The van der Waals surface area contributed by atoms with Gasteiger partial charge in [0.1, 0.15) is 30.3 Å². The van der Waals surface area contributed by atoms with Gasteiger partial charge in [-0.3, -0.25) is 19.2 Å². The summed E-state index contributed by atoms with van der Waals surface area (Å²) < 4.78 is 38.7. The van der Waals surface area contributed by atoms with E-state index in [0.717, 1.165) is 6.92 Å². The van der Waals surface area contributed by atoms with Crippen molar-refractivity contribution < 1.29 is 52.2 Å². The van der Waals surface area contributed by atoms with Crippen molar-refractivity contribution in [2.45, 2.75) is 58.2 Å². The maximum atomic E-state index is 12.0. The van der Waals surface area contributed by atoms with E-state index in [4.69, 9.17) is 33.0 Å². The molecule has 3 rings (SSSR count). The van der Waals surface area contributed by atoms with Crippen LogP contribution < -0.4 is 5.46 Å². The van der Waals surface area contributed by atoms with E-state index in [2.05, 4.69) is 13.2 Å². The molecule has 0 saturated carbocycles. The molecular weight excluding hydrogens is 475 g/mol. The minimum absolute atomic E-state index is 0.305. The molecule has 2 heterocycles. The Labute approximate surface area is 208 Å². The van der Waals surface area contributed by atoms with Crippen LogP contribution in [0.15, 0.2) is 48.9 Å². The Balaban J connectivity index is 1.98. The third kappa shape index (κ3) is 6.45. The second kappa shape index (κ2) is 11.3. The fourth-order valence-electron chi connectivity index (χ4n) is 3.89. The van der Waals surface area contributed by atoms with Crippen molar-refractivity contribution in [3.05, 3.63) is 54.5 Å². The molecule has 5 atom stereocenters. The molecule has 2 aliphatic heterocycles. The number of hydrogen-bond acceptors (Lipinski definition) is 11. The van der Waals surface area contributed by atoms with E-state index in [9.17, 15) is 19.2 Å². The lowest BCUT2D eigenvalue weighted by Gasteiger charge is -2.44. The average Bonchev–Trinajstić information content (AvgIpc) is 3.12. The molecule has 2 aliphatic rings. The summed E-state index contributed by atoms with van der Waals surface area (Å²) >= 11 is 0. The maximum Gasteiger partial charge on any atom is 0.632 e. The topological polar surface area (TPSA) is 133 Å². The van der Waals surface area contributed by atoms with Gasteiger partial charge in [-0.2, -0.15) is 0 Å². The first kappa shape index (κ1) is 26.8. The highest BCUT2D eigenvalue weighted by Gasteiger charge is 2.52. The van der Waals surface area contributed by atoms with Crippen LogP contribution in [0.3, 0.4) is 0 Å². The molecule has 12 heteroatoms. The van der Waals surface area contributed by atoms with Gasteiger partial charge in [0, 0.05) is 33.2 Å². The van der Waals surface area contributed by atoms with Crippen LogP contribution in [0.25, 0.3) is 0 Å². The van der Waals surface area contributed by atoms with Gasteiger partial charge in [-0.05, 0) is 5.56 Å². The molecule has 192 valence electrons. The van der Waals surface area contributed by atoms with Crippen LogP contribution in [0, 0.1) is 0 Å². The average molecular weight is 502 g/mol. The maximum absolute atomic E-state index is 12.0. The third-order valence-electron chi connectivity index (χ3n) is 5.34. The lowest BCUT2D eigenvalue weighted by Crippen LogP contribution is -2.59. The van der Waals surface area contributed by atoms with Gasteiger partial charge in [-0.25, -0.2) is 0 Å². The fourth-order valence-corrected chi connectivity index (χ4v) is 3.89. The third-order valence-corrected chi connectivity index (χ3v) is 5.34. The van der Waals surface area contributed by atoms with Crippen molar-refractivity contribution >= 4 is 36.5 Å². The Hall–Kier alpha value is -3.80. The highest BCUT2D eigenvalue weighted by Crippen LogP contribution is 2.37. The summed E-state index contributed by atoms with van der Waals surface area (Å²) in [7, 11) is -0.727. The molecule has 0 aromatic heterocycles. The zero-order valence-electron chi connectivity index (χ0n) is 20.4. The zero-order valence-corrected chi connectivity index (χ0v) is 20.4. The molecule has 0 bridgehead atoms. The van der Waals surface area contributed by atoms with Crippen LogP contribution >= 0.6 is 0 Å². The molecular formula is C24H27BO11. The monoisotopic (exact) mass is 502 g/mol. The first-order valence-corrected chi connectivity index (χ1v) is 11.1. The summed E-state index contributed by atoms with van der Waals surface area (Å²) in [6, 6.07) is 6.79. The molecule has 0 radical (unpaired) electrons. The minimum atomic E-state index is -1.25. The predicted octanol–water partition coefficient (Wildman–Crippen LogP) is 1.25. The van der Waals surface area contributed by atoms with E-state index in [0.29, 0.717) is 22.5 Å². The molecule has 0 aliphatic carbocycles. The summed E-state index contributed by atoms with van der Waals surface area (Å²) in [5, 5.41) is 0. The summed E-state index contributed by atoms with van der Waals surface area (Å²) in [4.78, 5) is 47.3. The van der Waals surface area contributed by atoms with E-state index in [1.807, 2.05) is 0 Å². The molecule has 0 amide bonds. The standard InChI is InChI=1S/C24H27BO11/c1-12-13(2)36-25(35-12)19-9-7-18(8-10-19)21-23(32-16(5)28)24(33-17(6)29)22(31-15(4)27)20(34-21)11-30-14(3)26/h7-10,20-24H,1-2,11H2,3-6H3/t20-,21+,22-,23+,24+/m1/s1. The summed E-state index contributed by atoms with van der Waals surface area (Å²) in [5.41, 5.74) is 1.19. The number of ether oxygens (including phenoxy) is 5. The normalized spacial score (nSPS) is 25.3. The van der Waals surface area contributed by atoms with Crippen molar-refractivity contribution in [2.75, 3.05) is 6.61 Å². The number of hydrogen-bond donors (Lipinski definition) is 0. The zero-order chi connectivity index (χ0) is 26.6. The minimum Gasteiger partial charge on any atom is -0.520 e. The molecule has 0 spiro atoms. The van der Waals surface area contributed by atoms with Gasteiger partial charge in [0.15, 0.2) is 18.3 Å². The van der Waals surface area contributed by atoms with Crippen LogP contribution in [0.1, 0.15) is 39.4 Å². The Bertz CT molecular complexity index is 1030. The molecule has 1 aromatic carbocycles. The van der Waals surface area contributed by atoms with Gasteiger partial charge in [0.25, 0.3) is 0 Å². The van der Waals surface area contributed by atoms with E-state index < -0.39 is 61.5 Å². The molecule has 0 N–H and O–H groups in total. The van der Waals surface area contributed by atoms with Gasteiger partial charge < -0.3 is 33.0 Å². The van der Waals surface area contributed by atoms with Crippen molar-refractivity contribution in [1.29, 1.82) is 0 Å². The van der Waals surface area contributed by atoms with Gasteiger partial charge in [-0.1, -0.05) is 37.4 Å². The number of benzene rings is 1.